The molecule has 1 N–H and O–H groups in total. The normalized spacial score (nSPS) is 11.6. The monoisotopic (exact) mass is 478 g/mol. The van der Waals surface area contributed by atoms with E-state index in [1.807, 2.05) is 30.3 Å². The Labute approximate surface area is 195 Å². The smallest absolute Gasteiger partial charge is 0.148 e. The third-order valence-corrected chi connectivity index (χ3v) is 5.87. The average molecular weight is 479 g/mol. The summed E-state index contributed by atoms with van der Waals surface area (Å²) in [5.74, 6) is -0.492. The Hall–Kier alpha value is -3.82. The standard InChI is InChI=1S/C22H13Cl2FN8/c23-14-7-17(25)19(26-10-14)11-32-20(3-4-28-32)13-5-16(24)22-21(6-13)33(31-30-22)15-2-1-12-9-27-29-18(12)8-15/h1-10H,11H2,(H,27,29). The highest BCUT2D eigenvalue weighted by Crippen LogP contribution is 2.31. The Morgan fingerprint density at radius 1 is 1.03 bits per heavy atom. The summed E-state index contributed by atoms with van der Waals surface area (Å²) in [7, 11) is 0. The van der Waals surface area contributed by atoms with Gasteiger partial charge in [-0.1, -0.05) is 28.4 Å². The third-order valence-electron chi connectivity index (χ3n) is 5.37. The van der Waals surface area contributed by atoms with Crippen LogP contribution in [0.2, 0.25) is 10.0 Å². The van der Waals surface area contributed by atoms with Crippen molar-refractivity contribution in [3.8, 4) is 16.9 Å². The maximum absolute atomic E-state index is 14.3. The summed E-state index contributed by atoms with van der Waals surface area (Å²) < 4.78 is 17.7. The van der Waals surface area contributed by atoms with Gasteiger partial charge in [-0.05, 0) is 42.5 Å². The van der Waals surface area contributed by atoms with Gasteiger partial charge in [0.25, 0.3) is 0 Å². The number of pyridine rings is 1. The summed E-state index contributed by atoms with van der Waals surface area (Å²) in [5.41, 5.74) is 4.74. The maximum atomic E-state index is 14.3. The Kier molecular flexibility index (Phi) is 4.60. The molecular formula is C22H13Cl2FN8. The van der Waals surface area contributed by atoms with E-state index in [9.17, 15) is 4.39 Å². The van der Waals surface area contributed by atoms with Crippen LogP contribution in [-0.2, 0) is 6.54 Å². The highest BCUT2D eigenvalue weighted by molar-refractivity contribution is 6.35. The van der Waals surface area contributed by atoms with Gasteiger partial charge < -0.3 is 0 Å². The van der Waals surface area contributed by atoms with Gasteiger partial charge in [-0.3, -0.25) is 14.8 Å². The number of H-pyrrole nitrogens is 1. The van der Waals surface area contributed by atoms with E-state index in [1.54, 1.807) is 27.8 Å². The number of aromatic nitrogens is 8. The summed E-state index contributed by atoms with van der Waals surface area (Å²) >= 11 is 12.4. The number of halogens is 3. The third kappa shape index (κ3) is 3.42. The summed E-state index contributed by atoms with van der Waals surface area (Å²) in [6, 6.07) is 12.6. The molecule has 0 bridgehead atoms. The number of nitrogens with zero attached hydrogens (tertiary/aromatic N) is 7. The molecule has 0 radical (unpaired) electrons. The lowest BCUT2D eigenvalue weighted by atomic mass is 10.1. The lowest BCUT2D eigenvalue weighted by Crippen LogP contribution is -2.07. The number of benzene rings is 2. The minimum Gasteiger partial charge on any atom is -0.278 e. The molecule has 0 aliphatic rings. The molecule has 0 aliphatic heterocycles. The zero-order valence-electron chi connectivity index (χ0n) is 16.7. The van der Waals surface area contributed by atoms with Gasteiger partial charge in [0.2, 0.25) is 0 Å². The Bertz CT molecular complexity index is 1650. The lowest BCUT2D eigenvalue weighted by molar-refractivity contribution is 0.573. The van der Waals surface area contributed by atoms with Crippen molar-refractivity contribution in [2.45, 2.75) is 6.54 Å². The van der Waals surface area contributed by atoms with Gasteiger partial charge in [-0.25, -0.2) is 9.07 Å². The van der Waals surface area contributed by atoms with Gasteiger partial charge in [-0.2, -0.15) is 10.2 Å². The molecule has 2 aromatic carbocycles. The predicted octanol–water partition coefficient (Wildman–Crippen LogP) is 5.05. The number of aromatic amines is 1. The first kappa shape index (κ1) is 19.8. The Morgan fingerprint density at radius 2 is 1.94 bits per heavy atom. The first-order valence-electron chi connectivity index (χ1n) is 9.87. The second kappa shape index (κ2) is 7.65. The van der Waals surface area contributed by atoms with Crippen molar-refractivity contribution in [3.63, 3.8) is 0 Å². The highest BCUT2D eigenvalue weighted by Gasteiger charge is 2.16. The van der Waals surface area contributed by atoms with Crippen LogP contribution < -0.4 is 0 Å². The van der Waals surface area contributed by atoms with E-state index in [-0.39, 0.29) is 17.3 Å². The molecule has 6 aromatic rings. The van der Waals surface area contributed by atoms with Crippen molar-refractivity contribution in [1.82, 2.24) is 40.0 Å². The molecule has 11 heteroatoms. The van der Waals surface area contributed by atoms with Crippen LogP contribution in [0.1, 0.15) is 5.69 Å². The molecule has 0 aliphatic carbocycles. The largest absolute Gasteiger partial charge is 0.278 e. The summed E-state index contributed by atoms with van der Waals surface area (Å²) in [6.45, 7) is 0.134. The van der Waals surface area contributed by atoms with Gasteiger partial charge in [0, 0.05) is 23.3 Å². The van der Waals surface area contributed by atoms with Gasteiger partial charge in [0.05, 0.1) is 50.9 Å². The van der Waals surface area contributed by atoms with Crippen LogP contribution in [0.15, 0.2) is 61.1 Å². The minimum atomic E-state index is -0.492. The molecule has 0 amide bonds. The predicted molar refractivity (Wildman–Crippen MR) is 123 cm³/mol. The van der Waals surface area contributed by atoms with E-state index in [1.165, 1.54) is 12.3 Å². The molecule has 0 atom stereocenters. The number of hydrogen-bond acceptors (Lipinski definition) is 5. The fourth-order valence-electron chi connectivity index (χ4n) is 3.78. The lowest BCUT2D eigenvalue weighted by Gasteiger charge is -2.10. The van der Waals surface area contributed by atoms with Gasteiger partial charge in [0.1, 0.15) is 11.3 Å². The van der Waals surface area contributed by atoms with Crippen molar-refractivity contribution < 1.29 is 4.39 Å². The fraction of sp³-hybridized carbons (Fsp3) is 0.0455. The van der Waals surface area contributed by atoms with E-state index >= 15 is 0 Å². The Balaban J connectivity index is 1.45. The van der Waals surface area contributed by atoms with E-state index in [0.717, 1.165) is 33.4 Å². The van der Waals surface area contributed by atoms with Gasteiger partial charge in [0.15, 0.2) is 0 Å². The molecule has 0 unspecified atom stereocenters. The average Bonchev–Trinajstić information content (AvgIpc) is 3.54. The van der Waals surface area contributed by atoms with Crippen molar-refractivity contribution in [3.05, 3.63) is 82.6 Å². The van der Waals surface area contributed by atoms with Crippen LogP contribution in [0.25, 0.3) is 38.9 Å². The fourth-order valence-corrected chi connectivity index (χ4v) is 4.18. The molecule has 6 rings (SSSR count). The SMILES string of the molecule is Fc1cc(Cl)cnc1Cn1nccc1-c1cc(Cl)c2nnn(-c3ccc4cn[nH]c4c3)c2c1. The molecule has 162 valence electrons. The molecule has 4 aromatic heterocycles. The van der Waals surface area contributed by atoms with E-state index in [4.69, 9.17) is 23.2 Å². The number of hydrogen-bond donors (Lipinski definition) is 1. The van der Waals surface area contributed by atoms with E-state index in [2.05, 4.69) is 30.6 Å². The van der Waals surface area contributed by atoms with E-state index < -0.39 is 5.82 Å². The summed E-state index contributed by atoms with van der Waals surface area (Å²) in [6.07, 6.45) is 4.81. The second-order valence-electron chi connectivity index (χ2n) is 7.42. The minimum absolute atomic E-state index is 0.134. The van der Waals surface area contributed by atoms with Crippen LogP contribution in [0.4, 0.5) is 4.39 Å². The summed E-state index contributed by atoms with van der Waals surface area (Å²) in [5, 5.41) is 21.6. The molecule has 0 fully saturated rings. The Morgan fingerprint density at radius 3 is 2.82 bits per heavy atom. The van der Waals surface area contributed by atoms with Gasteiger partial charge in [-0.15, -0.1) is 5.10 Å². The quantitative estimate of drug-likeness (QED) is 0.382. The first-order valence-corrected chi connectivity index (χ1v) is 10.6. The summed E-state index contributed by atoms with van der Waals surface area (Å²) in [4.78, 5) is 4.09. The highest BCUT2D eigenvalue weighted by atomic mass is 35.5. The van der Waals surface area contributed by atoms with Crippen molar-refractivity contribution in [1.29, 1.82) is 0 Å². The van der Waals surface area contributed by atoms with Crippen molar-refractivity contribution >= 4 is 45.1 Å². The number of fused-ring (bicyclic) bond motifs is 2. The van der Waals surface area contributed by atoms with Crippen LogP contribution in [0.3, 0.4) is 0 Å². The second-order valence-corrected chi connectivity index (χ2v) is 8.27. The number of rotatable bonds is 4. The zero-order chi connectivity index (χ0) is 22.5. The molecule has 33 heavy (non-hydrogen) atoms. The van der Waals surface area contributed by atoms with Crippen LogP contribution in [0.5, 0.6) is 0 Å². The van der Waals surface area contributed by atoms with Crippen LogP contribution >= 0.6 is 23.2 Å². The molecule has 0 spiro atoms. The molecule has 8 nitrogen and oxygen atoms in total. The van der Waals surface area contributed by atoms with E-state index in [0.29, 0.717) is 10.5 Å². The van der Waals surface area contributed by atoms with Crippen molar-refractivity contribution in [2.24, 2.45) is 0 Å². The zero-order valence-corrected chi connectivity index (χ0v) is 18.3. The maximum Gasteiger partial charge on any atom is 0.148 e. The number of nitrogens with one attached hydrogen (secondary N) is 1. The van der Waals surface area contributed by atoms with Crippen molar-refractivity contribution in [2.75, 3.05) is 0 Å². The van der Waals surface area contributed by atoms with Crippen LogP contribution in [-0.4, -0.2) is 40.0 Å². The van der Waals surface area contributed by atoms with Crippen LogP contribution in [0, 0.1) is 5.82 Å². The topological polar surface area (TPSA) is 90.1 Å². The molecular weight excluding hydrogens is 466 g/mol. The molecule has 0 saturated heterocycles. The first-order chi connectivity index (χ1) is 16.1. The van der Waals surface area contributed by atoms with Gasteiger partial charge >= 0.3 is 0 Å². The molecule has 4 heterocycles. The molecule has 0 saturated carbocycles.